The maximum absolute atomic E-state index is 10.7. The Hall–Kier alpha value is -0.630. The Morgan fingerprint density at radius 2 is 2.18 bits per heavy atom. The molecular formula is C10H15BrN2O3S. The second-order valence-electron chi connectivity index (χ2n) is 3.50. The van der Waals surface area contributed by atoms with Crippen LogP contribution in [0.3, 0.4) is 0 Å². The lowest BCUT2D eigenvalue weighted by atomic mass is 10.2. The van der Waals surface area contributed by atoms with Gasteiger partial charge in [0.25, 0.3) is 0 Å². The van der Waals surface area contributed by atoms with Crippen molar-refractivity contribution in [2.75, 3.05) is 19.4 Å². The van der Waals surface area contributed by atoms with Crippen molar-refractivity contribution in [1.82, 2.24) is 5.32 Å². The fourth-order valence-electron chi connectivity index (χ4n) is 1.25. The van der Waals surface area contributed by atoms with Gasteiger partial charge < -0.3 is 10.1 Å². The topological polar surface area (TPSA) is 81.4 Å². The number of methoxy groups -OCH3 is 1. The van der Waals surface area contributed by atoms with Gasteiger partial charge in [-0.3, -0.25) is 0 Å². The molecule has 0 aromatic heterocycles. The minimum atomic E-state index is -3.40. The molecule has 0 radical (unpaired) electrons. The van der Waals surface area contributed by atoms with E-state index in [0.717, 1.165) is 15.8 Å². The van der Waals surface area contributed by atoms with Gasteiger partial charge in [0.1, 0.15) is 5.75 Å². The van der Waals surface area contributed by atoms with Crippen LogP contribution in [-0.2, 0) is 16.6 Å². The fourth-order valence-corrected chi connectivity index (χ4v) is 2.07. The molecule has 1 aromatic carbocycles. The third-order valence-electron chi connectivity index (χ3n) is 2.13. The number of primary sulfonamides is 1. The first kappa shape index (κ1) is 14.4. The highest BCUT2D eigenvalue weighted by molar-refractivity contribution is 9.10. The molecular weight excluding hydrogens is 308 g/mol. The van der Waals surface area contributed by atoms with Crippen LogP contribution < -0.4 is 15.2 Å². The Bertz CT molecular complexity index is 476. The van der Waals surface area contributed by atoms with Crippen LogP contribution in [0.2, 0.25) is 0 Å². The van der Waals surface area contributed by atoms with Crippen LogP contribution >= 0.6 is 15.9 Å². The van der Waals surface area contributed by atoms with E-state index in [1.54, 1.807) is 7.11 Å². The lowest BCUT2D eigenvalue weighted by Gasteiger charge is -2.08. The molecule has 0 heterocycles. The largest absolute Gasteiger partial charge is 0.497 e. The van der Waals surface area contributed by atoms with Gasteiger partial charge in [0.15, 0.2) is 0 Å². The molecule has 3 N–H and O–H groups in total. The summed E-state index contributed by atoms with van der Waals surface area (Å²) in [5, 5.41) is 7.90. The summed E-state index contributed by atoms with van der Waals surface area (Å²) >= 11 is 3.41. The molecule has 0 unspecified atom stereocenters. The van der Waals surface area contributed by atoms with Gasteiger partial charge >= 0.3 is 0 Å². The first-order chi connectivity index (χ1) is 7.92. The molecule has 0 saturated carbocycles. The Morgan fingerprint density at radius 1 is 1.47 bits per heavy atom. The second-order valence-corrected chi connectivity index (χ2v) is 6.09. The number of nitrogens with one attached hydrogen (secondary N) is 1. The fraction of sp³-hybridized carbons (Fsp3) is 0.400. The van der Waals surface area contributed by atoms with Gasteiger partial charge in [-0.15, -0.1) is 0 Å². The molecule has 7 heteroatoms. The van der Waals surface area contributed by atoms with E-state index >= 15 is 0 Å². The average Bonchev–Trinajstić information content (AvgIpc) is 2.25. The number of benzene rings is 1. The number of halogens is 1. The predicted octanol–water partition coefficient (Wildman–Crippen LogP) is 0.836. The van der Waals surface area contributed by atoms with Gasteiger partial charge in [0.05, 0.1) is 12.9 Å². The summed E-state index contributed by atoms with van der Waals surface area (Å²) in [6, 6.07) is 5.61. The van der Waals surface area contributed by atoms with E-state index in [9.17, 15) is 8.42 Å². The van der Waals surface area contributed by atoms with Gasteiger partial charge in [-0.05, 0) is 23.8 Å². The zero-order valence-corrected chi connectivity index (χ0v) is 11.8. The number of sulfonamides is 1. The van der Waals surface area contributed by atoms with E-state index in [1.165, 1.54) is 0 Å². The summed E-state index contributed by atoms with van der Waals surface area (Å²) in [5.74, 6) is 0.686. The van der Waals surface area contributed by atoms with Crippen molar-refractivity contribution in [3.8, 4) is 5.75 Å². The maximum Gasteiger partial charge on any atom is 0.210 e. The monoisotopic (exact) mass is 322 g/mol. The van der Waals surface area contributed by atoms with Gasteiger partial charge in [-0.25, -0.2) is 13.6 Å². The van der Waals surface area contributed by atoms with Crippen molar-refractivity contribution in [2.24, 2.45) is 5.14 Å². The molecule has 0 saturated heterocycles. The Balaban J connectivity index is 2.51. The molecule has 96 valence electrons. The minimum Gasteiger partial charge on any atom is -0.497 e. The summed E-state index contributed by atoms with van der Waals surface area (Å²) in [6.45, 7) is 0.871. The van der Waals surface area contributed by atoms with Crippen molar-refractivity contribution >= 4 is 26.0 Å². The number of rotatable bonds is 6. The van der Waals surface area contributed by atoms with E-state index < -0.39 is 10.0 Å². The SMILES string of the molecule is COc1ccc(Br)c(CNCCS(N)(=O)=O)c1. The molecule has 0 fully saturated rings. The van der Waals surface area contributed by atoms with Crippen molar-refractivity contribution in [1.29, 1.82) is 0 Å². The number of hydrogen-bond acceptors (Lipinski definition) is 4. The van der Waals surface area contributed by atoms with E-state index in [2.05, 4.69) is 21.2 Å². The lowest BCUT2D eigenvalue weighted by Crippen LogP contribution is -2.26. The van der Waals surface area contributed by atoms with E-state index in [0.29, 0.717) is 13.1 Å². The third-order valence-corrected chi connectivity index (χ3v) is 3.68. The first-order valence-corrected chi connectivity index (χ1v) is 7.47. The van der Waals surface area contributed by atoms with Crippen LogP contribution in [0.15, 0.2) is 22.7 Å². The third kappa shape index (κ3) is 5.49. The average molecular weight is 323 g/mol. The zero-order chi connectivity index (χ0) is 12.9. The Labute approximate surface area is 110 Å². The first-order valence-electron chi connectivity index (χ1n) is 4.96. The van der Waals surface area contributed by atoms with Crippen molar-refractivity contribution in [3.63, 3.8) is 0 Å². The molecule has 0 atom stereocenters. The van der Waals surface area contributed by atoms with Gasteiger partial charge in [-0.1, -0.05) is 15.9 Å². The molecule has 0 spiro atoms. The summed E-state index contributed by atoms with van der Waals surface area (Å²) < 4.78 is 27.5. The maximum atomic E-state index is 10.7. The lowest BCUT2D eigenvalue weighted by molar-refractivity contribution is 0.414. The molecule has 0 bridgehead atoms. The second kappa shape index (κ2) is 6.34. The molecule has 0 aliphatic carbocycles. The highest BCUT2D eigenvalue weighted by Crippen LogP contribution is 2.22. The van der Waals surface area contributed by atoms with Crippen LogP contribution in [0.1, 0.15) is 5.56 Å². The van der Waals surface area contributed by atoms with Gasteiger partial charge in [0, 0.05) is 17.6 Å². The number of ether oxygens (including phenoxy) is 1. The van der Waals surface area contributed by atoms with E-state index in [-0.39, 0.29) is 5.75 Å². The smallest absolute Gasteiger partial charge is 0.210 e. The number of nitrogens with two attached hydrogens (primary N) is 1. The summed E-state index contributed by atoms with van der Waals surface area (Å²) in [7, 11) is -1.80. The standard InChI is InChI=1S/C10H15BrN2O3S/c1-16-9-2-3-10(11)8(6-9)7-13-4-5-17(12,14)15/h2-3,6,13H,4-5,7H2,1H3,(H2,12,14,15). The van der Waals surface area contributed by atoms with Crippen LogP contribution in [0, 0.1) is 0 Å². The van der Waals surface area contributed by atoms with Crippen molar-refractivity contribution in [2.45, 2.75) is 6.54 Å². The quantitative estimate of drug-likeness (QED) is 0.760. The summed E-state index contributed by atoms with van der Waals surface area (Å²) in [4.78, 5) is 0. The van der Waals surface area contributed by atoms with E-state index in [4.69, 9.17) is 9.88 Å². The molecule has 1 rings (SSSR count). The van der Waals surface area contributed by atoms with Crippen LogP contribution in [0.25, 0.3) is 0 Å². The molecule has 0 aliphatic rings. The summed E-state index contributed by atoms with van der Waals surface area (Å²) in [5.41, 5.74) is 0.999. The van der Waals surface area contributed by atoms with Crippen LogP contribution in [0.4, 0.5) is 0 Å². The van der Waals surface area contributed by atoms with E-state index in [1.807, 2.05) is 18.2 Å². The molecule has 17 heavy (non-hydrogen) atoms. The highest BCUT2D eigenvalue weighted by Gasteiger charge is 2.04. The van der Waals surface area contributed by atoms with Crippen molar-refractivity contribution in [3.05, 3.63) is 28.2 Å². The van der Waals surface area contributed by atoms with Gasteiger partial charge in [-0.2, -0.15) is 0 Å². The Morgan fingerprint density at radius 3 is 2.76 bits per heavy atom. The molecule has 1 aromatic rings. The molecule has 5 nitrogen and oxygen atoms in total. The molecule has 0 aliphatic heterocycles. The predicted molar refractivity (Wildman–Crippen MR) is 70.4 cm³/mol. The normalized spacial score (nSPS) is 11.5. The summed E-state index contributed by atoms with van der Waals surface area (Å²) in [6.07, 6.45) is 0. The number of hydrogen-bond donors (Lipinski definition) is 2. The zero-order valence-electron chi connectivity index (χ0n) is 9.44. The van der Waals surface area contributed by atoms with Crippen LogP contribution in [-0.4, -0.2) is 27.8 Å². The molecule has 0 amide bonds. The van der Waals surface area contributed by atoms with Gasteiger partial charge in [0.2, 0.25) is 10.0 Å². The van der Waals surface area contributed by atoms with Crippen molar-refractivity contribution < 1.29 is 13.2 Å². The van der Waals surface area contributed by atoms with Crippen LogP contribution in [0.5, 0.6) is 5.75 Å². The Kier molecular flexibility index (Phi) is 5.38. The minimum absolute atomic E-state index is 0.0748. The highest BCUT2D eigenvalue weighted by atomic mass is 79.9.